The first-order chi connectivity index (χ1) is 7.63. The molecule has 0 radical (unpaired) electrons. The molecular formula is C11H13BrClN3. The van der Waals surface area contributed by atoms with Crippen LogP contribution in [0.5, 0.6) is 0 Å². The van der Waals surface area contributed by atoms with Gasteiger partial charge in [0.05, 0.1) is 11.0 Å². The van der Waals surface area contributed by atoms with E-state index in [-0.39, 0.29) is 0 Å². The van der Waals surface area contributed by atoms with Gasteiger partial charge in [-0.25, -0.2) is 9.66 Å². The van der Waals surface area contributed by atoms with Crippen LogP contribution in [-0.4, -0.2) is 29.6 Å². The van der Waals surface area contributed by atoms with E-state index in [2.05, 4.69) is 31.7 Å². The number of benzene rings is 1. The number of hydrogen-bond donors (Lipinski definition) is 0. The molecule has 0 aliphatic heterocycles. The molecule has 0 spiro atoms. The molecule has 0 saturated heterocycles. The molecule has 0 saturated carbocycles. The highest BCUT2D eigenvalue weighted by molar-refractivity contribution is 9.10. The zero-order chi connectivity index (χ0) is 11.7. The summed E-state index contributed by atoms with van der Waals surface area (Å²) >= 11 is 9.27. The number of fused-ring (bicyclic) bond motifs is 1. The lowest BCUT2D eigenvalue weighted by molar-refractivity contribution is 0.703. The summed E-state index contributed by atoms with van der Waals surface area (Å²) in [6.07, 6.45) is 0.770. The molecule has 1 aromatic carbocycles. The minimum atomic E-state index is 0.582. The smallest absolute Gasteiger partial charge is 0.130 e. The third kappa shape index (κ3) is 2.04. The van der Waals surface area contributed by atoms with Gasteiger partial charge in [-0.2, -0.15) is 0 Å². The number of rotatable bonds is 3. The average Bonchev–Trinajstić information content (AvgIpc) is 2.55. The molecule has 0 N–H and O–H groups in total. The van der Waals surface area contributed by atoms with Crippen molar-refractivity contribution < 1.29 is 0 Å². The molecule has 0 aliphatic rings. The van der Waals surface area contributed by atoms with Crippen molar-refractivity contribution in [2.45, 2.75) is 6.42 Å². The fourth-order valence-corrected chi connectivity index (χ4v) is 2.30. The van der Waals surface area contributed by atoms with Gasteiger partial charge in [-0.1, -0.05) is 15.9 Å². The molecule has 0 atom stereocenters. The maximum absolute atomic E-state index is 5.79. The van der Waals surface area contributed by atoms with Crippen molar-refractivity contribution in [1.29, 1.82) is 0 Å². The first kappa shape index (κ1) is 11.7. The van der Waals surface area contributed by atoms with Crippen LogP contribution >= 0.6 is 27.5 Å². The average molecular weight is 303 g/mol. The largest absolute Gasteiger partial charge is 0.317 e. The Morgan fingerprint density at radius 1 is 1.44 bits per heavy atom. The van der Waals surface area contributed by atoms with Crippen LogP contribution in [0.4, 0.5) is 0 Å². The molecule has 0 aliphatic carbocycles. The summed E-state index contributed by atoms with van der Waals surface area (Å²) in [6, 6.07) is 6.08. The Labute approximate surface area is 108 Å². The molecule has 1 aromatic heterocycles. The topological polar surface area (TPSA) is 21.1 Å². The van der Waals surface area contributed by atoms with E-state index >= 15 is 0 Å². The lowest BCUT2D eigenvalue weighted by Gasteiger charge is -2.17. The van der Waals surface area contributed by atoms with Gasteiger partial charge in [-0.15, -0.1) is 11.6 Å². The Hall–Kier alpha value is -0.740. The second kappa shape index (κ2) is 4.63. The van der Waals surface area contributed by atoms with Gasteiger partial charge in [0.15, 0.2) is 0 Å². The van der Waals surface area contributed by atoms with Gasteiger partial charge in [0, 0.05) is 30.9 Å². The van der Waals surface area contributed by atoms with Crippen LogP contribution in [-0.2, 0) is 6.42 Å². The number of alkyl halides is 1. The van der Waals surface area contributed by atoms with E-state index in [1.54, 1.807) is 0 Å². The monoisotopic (exact) mass is 301 g/mol. The standard InChI is InChI=1S/C11H13BrClN3/c1-15(2)16-10-7-8(12)3-4-9(10)14-11(16)5-6-13/h3-4,7H,5-6H2,1-2H3. The maximum atomic E-state index is 5.79. The van der Waals surface area contributed by atoms with Crippen molar-refractivity contribution in [3.8, 4) is 0 Å². The van der Waals surface area contributed by atoms with Crippen LogP contribution in [0.25, 0.3) is 11.0 Å². The van der Waals surface area contributed by atoms with Gasteiger partial charge in [-0.05, 0) is 18.2 Å². The van der Waals surface area contributed by atoms with Crippen molar-refractivity contribution >= 4 is 38.6 Å². The SMILES string of the molecule is CN(C)n1c(CCCl)nc2ccc(Br)cc21. The molecular weight excluding hydrogens is 289 g/mol. The van der Waals surface area contributed by atoms with Crippen LogP contribution in [0.15, 0.2) is 22.7 Å². The molecule has 3 nitrogen and oxygen atoms in total. The number of imidazole rings is 1. The molecule has 0 amide bonds. The summed E-state index contributed by atoms with van der Waals surface area (Å²) in [6.45, 7) is 0. The summed E-state index contributed by atoms with van der Waals surface area (Å²) in [5, 5.41) is 2.02. The lowest BCUT2D eigenvalue weighted by Crippen LogP contribution is -2.26. The van der Waals surface area contributed by atoms with Crippen LogP contribution in [0.3, 0.4) is 0 Å². The normalized spacial score (nSPS) is 11.0. The van der Waals surface area contributed by atoms with Crippen LogP contribution in [0.2, 0.25) is 0 Å². The first-order valence-corrected chi connectivity index (χ1v) is 6.36. The summed E-state index contributed by atoms with van der Waals surface area (Å²) in [7, 11) is 4.00. The Kier molecular flexibility index (Phi) is 3.40. The van der Waals surface area contributed by atoms with Gasteiger partial charge in [0.1, 0.15) is 5.82 Å². The van der Waals surface area contributed by atoms with E-state index in [1.807, 2.05) is 31.2 Å². The minimum Gasteiger partial charge on any atom is -0.317 e. The van der Waals surface area contributed by atoms with E-state index in [4.69, 9.17) is 11.6 Å². The predicted octanol–water partition coefficient (Wildman–Crippen LogP) is 2.78. The van der Waals surface area contributed by atoms with Crippen molar-refractivity contribution in [3.05, 3.63) is 28.5 Å². The Morgan fingerprint density at radius 2 is 2.19 bits per heavy atom. The van der Waals surface area contributed by atoms with Crippen LogP contribution in [0.1, 0.15) is 5.82 Å². The van der Waals surface area contributed by atoms with Crippen LogP contribution < -0.4 is 5.01 Å². The van der Waals surface area contributed by atoms with Gasteiger partial charge in [-0.3, -0.25) is 0 Å². The fraction of sp³-hybridized carbons (Fsp3) is 0.364. The quantitative estimate of drug-likeness (QED) is 0.813. The summed E-state index contributed by atoms with van der Waals surface area (Å²) < 4.78 is 3.14. The number of aromatic nitrogens is 2. The number of hydrogen-bond acceptors (Lipinski definition) is 2. The number of aryl methyl sites for hydroxylation is 1. The highest BCUT2D eigenvalue weighted by atomic mass is 79.9. The zero-order valence-electron chi connectivity index (χ0n) is 9.24. The second-order valence-electron chi connectivity index (χ2n) is 3.76. The van der Waals surface area contributed by atoms with E-state index in [0.717, 1.165) is 27.8 Å². The lowest BCUT2D eigenvalue weighted by atomic mass is 10.3. The predicted molar refractivity (Wildman–Crippen MR) is 71.9 cm³/mol. The van der Waals surface area contributed by atoms with E-state index in [0.29, 0.717) is 5.88 Å². The molecule has 2 aromatic rings. The minimum absolute atomic E-state index is 0.582. The first-order valence-electron chi connectivity index (χ1n) is 5.04. The van der Waals surface area contributed by atoms with E-state index in [9.17, 15) is 0 Å². The molecule has 5 heteroatoms. The van der Waals surface area contributed by atoms with E-state index < -0.39 is 0 Å². The maximum Gasteiger partial charge on any atom is 0.130 e. The summed E-state index contributed by atoms with van der Waals surface area (Å²) in [5.74, 6) is 1.58. The molecule has 2 rings (SSSR count). The van der Waals surface area contributed by atoms with Crippen molar-refractivity contribution in [1.82, 2.24) is 9.66 Å². The second-order valence-corrected chi connectivity index (χ2v) is 5.05. The third-order valence-corrected chi connectivity index (χ3v) is 3.06. The molecule has 0 unspecified atom stereocenters. The molecule has 0 bridgehead atoms. The Morgan fingerprint density at radius 3 is 2.81 bits per heavy atom. The zero-order valence-corrected chi connectivity index (χ0v) is 11.6. The van der Waals surface area contributed by atoms with Crippen molar-refractivity contribution in [2.24, 2.45) is 0 Å². The highest BCUT2D eigenvalue weighted by Crippen LogP contribution is 2.21. The summed E-state index contributed by atoms with van der Waals surface area (Å²) in [5.41, 5.74) is 2.09. The van der Waals surface area contributed by atoms with Gasteiger partial charge < -0.3 is 5.01 Å². The molecule has 1 heterocycles. The van der Waals surface area contributed by atoms with Crippen LogP contribution in [0, 0.1) is 0 Å². The number of halogens is 2. The Bertz CT molecular complexity index is 507. The van der Waals surface area contributed by atoms with Gasteiger partial charge in [0.25, 0.3) is 0 Å². The van der Waals surface area contributed by atoms with E-state index in [1.165, 1.54) is 0 Å². The molecule has 16 heavy (non-hydrogen) atoms. The molecule has 0 fully saturated rings. The third-order valence-electron chi connectivity index (χ3n) is 2.38. The Balaban J connectivity index is 2.67. The van der Waals surface area contributed by atoms with Crippen molar-refractivity contribution in [3.63, 3.8) is 0 Å². The fourth-order valence-electron chi connectivity index (χ4n) is 1.78. The number of nitrogens with zero attached hydrogens (tertiary/aromatic N) is 3. The molecule has 86 valence electrons. The van der Waals surface area contributed by atoms with Crippen molar-refractivity contribution in [2.75, 3.05) is 25.0 Å². The van der Waals surface area contributed by atoms with Gasteiger partial charge in [0.2, 0.25) is 0 Å². The highest BCUT2D eigenvalue weighted by Gasteiger charge is 2.11. The van der Waals surface area contributed by atoms with Gasteiger partial charge >= 0.3 is 0 Å². The summed E-state index contributed by atoms with van der Waals surface area (Å²) in [4.78, 5) is 4.58.